The molecule has 0 bridgehead atoms. The van der Waals surface area contributed by atoms with Crippen LogP contribution in [0.2, 0.25) is 0 Å². The molecule has 0 unspecified atom stereocenters. The van der Waals surface area contributed by atoms with E-state index in [0.717, 1.165) is 10.5 Å². The standard InChI is InChI=1S/C29H38F2N4O4/c1-19(20-10-7-6-8-11-20)23-16-21(17-24(34-23)26(37)32-5)25(36)33-14-9-12-22-13-15-35(18-29(22,30)31)27(38)39-28(2,3)4/h6-8,10-11,16-17,19,22H,9,12-15,18H2,1-5H3,(H,32,37)(H,33,36)/t19-,22+/m0/s1. The van der Waals surface area contributed by atoms with E-state index in [9.17, 15) is 23.2 Å². The van der Waals surface area contributed by atoms with Gasteiger partial charge in [-0.1, -0.05) is 37.3 Å². The van der Waals surface area contributed by atoms with Gasteiger partial charge in [-0.25, -0.2) is 18.6 Å². The Bertz CT molecular complexity index is 1170. The molecule has 0 spiro atoms. The lowest BCUT2D eigenvalue weighted by Crippen LogP contribution is -2.51. The summed E-state index contributed by atoms with van der Waals surface area (Å²) in [6.45, 7) is 6.74. The summed E-state index contributed by atoms with van der Waals surface area (Å²) in [7, 11) is 1.49. The number of aromatic nitrogens is 1. The first-order valence-electron chi connectivity index (χ1n) is 13.2. The van der Waals surface area contributed by atoms with Crippen molar-refractivity contribution >= 4 is 17.9 Å². The molecule has 1 fully saturated rings. The number of carbonyl (C=O) groups excluding carboxylic acids is 3. The van der Waals surface area contributed by atoms with Crippen molar-refractivity contribution in [1.82, 2.24) is 20.5 Å². The summed E-state index contributed by atoms with van der Waals surface area (Å²) >= 11 is 0. The van der Waals surface area contributed by atoms with E-state index in [2.05, 4.69) is 15.6 Å². The largest absolute Gasteiger partial charge is 0.444 e. The molecule has 3 amide bonds. The molecule has 2 aromatic rings. The van der Waals surface area contributed by atoms with Gasteiger partial charge in [0.2, 0.25) is 0 Å². The highest BCUT2D eigenvalue weighted by Gasteiger charge is 2.46. The Kier molecular flexibility index (Phi) is 9.63. The van der Waals surface area contributed by atoms with Crippen molar-refractivity contribution in [1.29, 1.82) is 0 Å². The molecule has 1 aliphatic heterocycles. The summed E-state index contributed by atoms with van der Waals surface area (Å²) in [4.78, 5) is 43.0. The van der Waals surface area contributed by atoms with Gasteiger partial charge in [0.15, 0.2) is 0 Å². The topological polar surface area (TPSA) is 101 Å². The number of rotatable bonds is 8. The Morgan fingerprint density at radius 1 is 1.15 bits per heavy atom. The number of ether oxygens (including phenoxy) is 1. The lowest BCUT2D eigenvalue weighted by atomic mass is 9.89. The second-order valence-electron chi connectivity index (χ2n) is 10.9. The van der Waals surface area contributed by atoms with Gasteiger partial charge >= 0.3 is 6.09 Å². The molecule has 2 atom stereocenters. The molecule has 0 aliphatic carbocycles. The van der Waals surface area contributed by atoms with E-state index in [4.69, 9.17) is 4.74 Å². The van der Waals surface area contributed by atoms with Crippen molar-refractivity contribution in [2.24, 2.45) is 5.92 Å². The van der Waals surface area contributed by atoms with E-state index >= 15 is 0 Å². The Labute approximate surface area is 228 Å². The average Bonchev–Trinajstić information content (AvgIpc) is 2.89. The van der Waals surface area contributed by atoms with Crippen molar-refractivity contribution < 1.29 is 27.9 Å². The molecule has 1 aliphatic rings. The second kappa shape index (κ2) is 12.5. The molecular weight excluding hydrogens is 506 g/mol. The Balaban J connectivity index is 1.59. The first kappa shape index (κ1) is 30.0. The first-order chi connectivity index (χ1) is 18.3. The molecule has 39 heavy (non-hydrogen) atoms. The van der Waals surface area contributed by atoms with Crippen molar-refractivity contribution in [2.45, 2.75) is 64.4 Å². The number of amides is 3. The zero-order valence-corrected chi connectivity index (χ0v) is 23.2. The van der Waals surface area contributed by atoms with E-state index < -0.39 is 41.9 Å². The normalized spacial score (nSPS) is 17.7. The van der Waals surface area contributed by atoms with Gasteiger partial charge in [0.1, 0.15) is 11.3 Å². The maximum absolute atomic E-state index is 14.8. The summed E-state index contributed by atoms with van der Waals surface area (Å²) in [6.07, 6.45) is -0.0341. The van der Waals surface area contributed by atoms with Gasteiger partial charge in [0.25, 0.3) is 17.7 Å². The smallest absolute Gasteiger partial charge is 0.410 e. The van der Waals surface area contributed by atoms with Gasteiger partial charge in [-0.2, -0.15) is 0 Å². The number of benzene rings is 1. The first-order valence-corrected chi connectivity index (χ1v) is 13.2. The molecule has 2 N–H and O–H groups in total. The van der Waals surface area contributed by atoms with Crippen LogP contribution in [0.4, 0.5) is 13.6 Å². The number of likely N-dealkylation sites (tertiary alicyclic amines) is 1. The fourth-order valence-electron chi connectivity index (χ4n) is 4.54. The monoisotopic (exact) mass is 544 g/mol. The van der Waals surface area contributed by atoms with Gasteiger partial charge in [0, 0.05) is 43.2 Å². The highest BCUT2D eigenvalue weighted by molar-refractivity contribution is 5.98. The predicted octanol–water partition coefficient (Wildman–Crippen LogP) is 5.00. The van der Waals surface area contributed by atoms with Gasteiger partial charge in [-0.05, 0) is 57.7 Å². The van der Waals surface area contributed by atoms with E-state index in [0.29, 0.717) is 12.1 Å². The third kappa shape index (κ3) is 8.21. The van der Waals surface area contributed by atoms with Crippen LogP contribution < -0.4 is 10.6 Å². The van der Waals surface area contributed by atoms with Crippen molar-refractivity contribution in [2.75, 3.05) is 26.7 Å². The number of hydrogen-bond donors (Lipinski definition) is 2. The number of halogens is 2. The van der Waals surface area contributed by atoms with Crippen LogP contribution in [0.15, 0.2) is 42.5 Å². The Morgan fingerprint density at radius 3 is 2.46 bits per heavy atom. The number of alkyl halides is 2. The lowest BCUT2D eigenvalue weighted by molar-refractivity contribution is -0.112. The minimum absolute atomic E-state index is 0.124. The zero-order valence-electron chi connectivity index (χ0n) is 23.2. The van der Waals surface area contributed by atoms with Crippen LogP contribution in [0.25, 0.3) is 0 Å². The van der Waals surface area contributed by atoms with Gasteiger partial charge in [-0.15, -0.1) is 0 Å². The summed E-state index contributed by atoms with van der Waals surface area (Å²) in [5.41, 5.74) is 1.21. The fourth-order valence-corrected chi connectivity index (χ4v) is 4.54. The maximum Gasteiger partial charge on any atom is 0.410 e. The minimum atomic E-state index is -3.05. The number of nitrogens with zero attached hydrogens (tertiary/aromatic N) is 2. The molecule has 1 aromatic heterocycles. The van der Waals surface area contributed by atoms with Crippen molar-refractivity contribution in [3.63, 3.8) is 0 Å². The molecule has 0 radical (unpaired) electrons. The fraction of sp³-hybridized carbons (Fsp3) is 0.517. The number of piperidine rings is 1. The van der Waals surface area contributed by atoms with Crippen molar-refractivity contribution in [3.8, 4) is 0 Å². The zero-order chi connectivity index (χ0) is 28.8. The SMILES string of the molecule is CNC(=O)c1cc(C(=O)NCCC[C@@H]2CCN(C(=O)OC(C)(C)C)CC2(F)F)cc([C@@H](C)c2ccccc2)n1. The van der Waals surface area contributed by atoms with Crippen LogP contribution in [0, 0.1) is 5.92 Å². The van der Waals surface area contributed by atoms with E-state index in [1.54, 1.807) is 26.8 Å². The highest BCUT2D eigenvalue weighted by atomic mass is 19.3. The van der Waals surface area contributed by atoms with Crippen LogP contribution >= 0.6 is 0 Å². The average molecular weight is 545 g/mol. The second-order valence-corrected chi connectivity index (χ2v) is 10.9. The minimum Gasteiger partial charge on any atom is -0.444 e. The number of pyridine rings is 1. The summed E-state index contributed by atoms with van der Waals surface area (Å²) in [6, 6.07) is 12.7. The third-order valence-electron chi connectivity index (χ3n) is 6.72. The van der Waals surface area contributed by atoms with E-state index in [-0.39, 0.29) is 43.1 Å². The Morgan fingerprint density at radius 2 is 1.85 bits per heavy atom. The molecule has 1 saturated heterocycles. The van der Waals surface area contributed by atoms with E-state index in [1.807, 2.05) is 37.3 Å². The molecular formula is C29H38F2N4O4. The molecule has 0 saturated carbocycles. The van der Waals surface area contributed by atoms with Crippen LogP contribution in [0.5, 0.6) is 0 Å². The van der Waals surface area contributed by atoms with Crippen LogP contribution in [0.3, 0.4) is 0 Å². The summed E-state index contributed by atoms with van der Waals surface area (Å²) in [5.74, 6) is -4.92. The summed E-state index contributed by atoms with van der Waals surface area (Å²) < 4.78 is 34.8. The van der Waals surface area contributed by atoms with Crippen LogP contribution in [0.1, 0.15) is 85.0 Å². The van der Waals surface area contributed by atoms with Gasteiger partial charge < -0.3 is 20.3 Å². The Hall–Kier alpha value is -3.56. The molecule has 2 heterocycles. The quantitative estimate of drug-likeness (QED) is 0.456. The number of nitrogens with one attached hydrogen (secondary N) is 2. The van der Waals surface area contributed by atoms with Crippen molar-refractivity contribution in [3.05, 3.63) is 65.0 Å². The lowest BCUT2D eigenvalue weighted by Gasteiger charge is -2.38. The molecule has 212 valence electrons. The highest BCUT2D eigenvalue weighted by Crippen LogP contribution is 2.36. The van der Waals surface area contributed by atoms with Gasteiger partial charge in [0.05, 0.1) is 6.54 Å². The molecule has 8 nitrogen and oxygen atoms in total. The third-order valence-corrected chi connectivity index (χ3v) is 6.72. The predicted molar refractivity (Wildman–Crippen MR) is 144 cm³/mol. The molecule has 1 aromatic carbocycles. The van der Waals surface area contributed by atoms with E-state index in [1.165, 1.54) is 13.1 Å². The maximum atomic E-state index is 14.8. The van der Waals surface area contributed by atoms with Crippen LogP contribution in [-0.2, 0) is 4.74 Å². The van der Waals surface area contributed by atoms with Crippen LogP contribution in [-0.4, -0.2) is 66.0 Å². The molecule has 10 heteroatoms. The number of carbonyl (C=O) groups is 3. The van der Waals surface area contributed by atoms with Gasteiger partial charge in [-0.3, -0.25) is 9.59 Å². The number of hydrogen-bond acceptors (Lipinski definition) is 5. The molecule has 3 rings (SSSR count). The summed E-state index contributed by atoms with van der Waals surface area (Å²) in [5, 5.41) is 5.31.